The normalized spacial score (nSPS) is 10.1. The zero-order valence-corrected chi connectivity index (χ0v) is 11.3. The van der Waals surface area contributed by atoms with Crippen LogP contribution in [0.1, 0.15) is 22.5 Å². The van der Waals surface area contributed by atoms with E-state index in [0.717, 1.165) is 0 Å². The van der Waals surface area contributed by atoms with Gasteiger partial charge in [-0.25, -0.2) is 4.79 Å². The third kappa shape index (κ3) is 4.07. The van der Waals surface area contributed by atoms with Crippen LogP contribution in [0.4, 0.5) is 11.7 Å². The first-order valence-electron chi connectivity index (χ1n) is 6.20. The van der Waals surface area contributed by atoms with Crippen molar-refractivity contribution in [2.75, 3.05) is 12.4 Å². The highest BCUT2D eigenvalue weighted by molar-refractivity contribution is 5.90. The first-order valence-corrected chi connectivity index (χ1v) is 6.20. The van der Waals surface area contributed by atoms with E-state index in [1.807, 2.05) is 0 Å². The fraction of sp³-hybridized carbons (Fsp3) is 0.214. The molecule has 0 fully saturated rings. The highest BCUT2D eigenvalue weighted by atomic mass is 16.5. The van der Waals surface area contributed by atoms with Gasteiger partial charge in [0.05, 0.1) is 24.8 Å². The molecule has 0 aliphatic heterocycles. The SMILES string of the molecule is COC(=O)c1cccc(Nc2nc(CCC(=O)O)co2)c1. The summed E-state index contributed by atoms with van der Waals surface area (Å²) >= 11 is 0. The molecule has 1 aromatic heterocycles. The maximum Gasteiger partial charge on any atom is 0.337 e. The number of esters is 1. The van der Waals surface area contributed by atoms with E-state index < -0.39 is 11.9 Å². The van der Waals surface area contributed by atoms with Crippen LogP contribution in [0, 0.1) is 0 Å². The molecule has 0 radical (unpaired) electrons. The summed E-state index contributed by atoms with van der Waals surface area (Å²) in [4.78, 5) is 26.0. The number of oxazole rings is 1. The molecule has 0 amide bonds. The second-order valence-corrected chi connectivity index (χ2v) is 4.24. The van der Waals surface area contributed by atoms with Crippen molar-refractivity contribution in [3.63, 3.8) is 0 Å². The van der Waals surface area contributed by atoms with Gasteiger partial charge in [-0.1, -0.05) is 6.07 Å². The van der Waals surface area contributed by atoms with Crippen molar-refractivity contribution in [1.82, 2.24) is 4.98 Å². The summed E-state index contributed by atoms with van der Waals surface area (Å²) in [5.74, 6) is -1.33. The van der Waals surface area contributed by atoms with Crippen molar-refractivity contribution in [1.29, 1.82) is 0 Å². The van der Waals surface area contributed by atoms with Crippen LogP contribution in [0.5, 0.6) is 0 Å². The minimum Gasteiger partial charge on any atom is -0.481 e. The van der Waals surface area contributed by atoms with Crippen LogP contribution in [0.25, 0.3) is 0 Å². The molecule has 1 aromatic carbocycles. The Labute approximate surface area is 120 Å². The molecule has 2 N–H and O–H groups in total. The van der Waals surface area contributed by atoms with Crippen molar-refractivity contribution in [2.45, 2.75) is 12.8 Å². The Morgan fingerprint density at radius 1 is 1.43 bits per heavy atom. The Morgan fingerprint density at radius 2 is 2.24 bits per heavy atom. The lowest BCUT2D eigenvalue weighted by Crippen LogP contribution is -2.02. The molecule has 1 heterocycles. The van der Waals surface area contributed by atoms with Gasteiger partial charge in [0.2, 0.25) is 0 Å². The van der Waals surface area contributed by atoms with Crippen molar-refractivity contribution in [2.24, 2.45) is 0 Å². The highest BCUT2D eigenvalue weighted by Gasteiger charge is 2.09. The Hall–Kier alpha value is -2.83. The number of nitrogens with one attached hydrogen (secondary N) is 1. The third-order valence-electron chi connectivity index (χ3n) is 2.68. The van der Waals surface area contributed by atoms with E-state index >= 15 is 0 Å². The Balaban J connectivity index is 2.04. The number of anilines is 2. The van der Waals surface area contributed by atoms with Gasteiger partial charge in [0.15, 0.2) is 0 Å². The summed E-state index contributed by atoms with van der Waals surface area (Å²) in [6.45, 7) is 0. The van der Waals surface area contributed by atoms with Gasteiger partial charge in [0, 0.05) is 12.1 Å². The Morgan fingerprint density at radius 3 is 2.95 bits per heavy atom. The predicted molar refractivity (Wildman–Crippen MR) is 73.5 cm³/mol. The second-order valence-electron chi connectivity index (χ2n) is 4.24. The van der Waals surface area contributed by atoms with Crippen LogP contribution < -0.4 is 5.32 Å². The molecular formula is C14H14N2O5. The molecule has 0 atom stereocenters. The quantitative estimate of drug-likeness (QED) is 0.786. The van der Waals surface area contributed by atoms with Gasteiger partial charge in [-0.3, -0.25) is 4.79 Å². The van der Waals surface area contributed by atoms with E-state index in [1.54, 1.807) is 24.3 Å². The van der Waals surface area contributed by atoms with Gasteiger partial charge in [0.25, 0.3) is 6.01 Å². The number of nitrogens with zero attached hydrogens (tertiary/aromatic N) is 1. The van der Waals surface area contributed by atoms with E-state index in [-0.39, 0.29) is 12.4 Å². The standard InChI is InChI=1S/C14H14N2O5/c1-20-13(19)9-3-2-4-10(7-9)15-14-16-11(8-21-14)5-6-12(17)18/h2-4,7-8H,5-6H2,1H3,(H,15,16)(H,17,18). The molecule has 0 aliphatic carbocycles. The van der Waals surface area contributed by atoms with Gasteiger partial charge in [0.1, 0.15) is 6.26 Å². The fourth-order valence-electron chi connectivity index (χ4n) is 1.68. The molecule has 0 bridgehead atoms. The molecule has 0 saturated heterocycles. The lowest BCUT2D eigenvalue weighted by atomic mass is 10.2. The average Bonchev–Trinajstić information content (AvgIpc) is 2.92. The number of ether oxygens (including phenoxy) is 1. The fourth-order valence-corrected chi connectivity index (χ4v) is 1.68. The largest absolute Gasteiger partial charge is 0.481 e. The molecule has 7 nitrogen and oxygen atoms in total. The number of rotatable bonds is 6. The van der Waals surface area contributed by atoms with Gasteiger partial charge in [-0.15, -0.1) is 0 Å². The maximum absolute atomic E-state index is 11.4. The lowest BCUT2D eigenvalue weighted by molar-refractivity contribution is -0.136. The van der Waals surface area contributed by atoms with E-state index in [0.29, 0.717) is 23.4 Å². The molecule has 0 unspecified atom stereocenters. The van der Waals surface area contributed by atoms with Crippen molar-refractivity contribution in [3.05, 3.63) is 41.8 Å². The molecular weight excluding hydrogens is 276 g/mol. The minimum atomic E-state index is -0.890. The molecule has 2 aromatic rings. The van der Waals surface area contributed by atoms with Crippen molar-refractivity contribution in [3.8, 4) is 0 Å². The van der Waals surface area contributed by atoms with E-state index in [2.05, 4.69) is 15.0 Å². The number of aliphatic carboxylic acids is 1. The zero-order valence-electron chi connectivity index (χ0n) is 11.3. The van der Waals surface area contributed by atoms with Gasteiger partial charge in [-0.2, -0.15) is 4.98 Å². The van der Waals surface area contributed by atoms with E-state index in [1.165, 1.54) is 13.4 Å². The number of carboxylic acid groups (broad SMARTS) is 1. The molecule has 0 spiro atoms. The second kappa shape index (κ2) is 6.56. The number of hydrogen-bond donors (Lipinski definition) is 2. The van der Waals surface area contributed by atoms with E-state index in [9.17, 15) is 9.59 Å². The summed E-state index contributed by atoms with van der Waals surface area (Å²) in [6, 6.07) is 6.91. The number of methoxy groups -OCH3 is 1. The molecule has 0 saturated carbocycles. The number of aromatic nitrogens is 1. The first kappa shape index (κ1) is 14.6. The molecule has 2 rings (SSSR count). The number of aryl methyl sites for hydroxylation is 1. The van der Waals surface area contributed by atoms with Crippen LogP contribution in [-0.2, 0) is 16.0 Å². The lowest BCUT2D eigenvalue weighted by Gasteiger charge is -2.03. The monoisotopic (exact) mass is 290 g/mol. The van der Waals surface area contributed by atoms with Gasteiger partial charge < -0.3 is 19.6 Å². The maximum atomic E-state index is 11.4. The number of hydrogen-bond acceptors (Lipinski definition) is 6. The Kier molecular flexibility index (Phi) is 4.55. The first-order chi connectivity index (χ1) is 10.1. The summed E-state index contributed by atoms with van der Waals surface area (Å²) < 4.78 is 9.83. The summed E-state index contributed by atoms with van der Waals surface area (Å²) in [6.07, 6.45) is 1.68. The molecule has 0 aliphatic rings. The zero-order chi connectivity index (χ0) is 15.2. The highest BCUT2D eigenvalue weighted by Crippen LogP contribution is 2.18. The third-order valence-corrected chi connectivity index (χ3v) is 2.68. The summed E-state index contributed by atoms with van der Waals surface area (Å²) in [7, 11) is 1.31. The number of carboxylic acids is 1. The van der Waals surface area contributed by atoms with Crippen LogP contribution in [-0.4, -0.2) is 29.1 Å². The molecule has 7 heteroatoms. The summed E-state index contributed by atoms with van der Waals surface area (Å²) in [5.41, 5.74) is 1.56. The van der Waals surface area contributed by atoms with Gasteiger partial charge >= 0.3 is 11.9 Å². The Bertz CT molecular complexity index is 650. The summed E-state index contributed by atoms with van der Waals surface area (Å²) in [5, 5.41) is 11.5. The van der Waals surface area contributed by atoms with Crippen molar-refractivity contribution < 1.29 is 23.8 Å². The van der Waals surface area contributed by atoms with Gasteiger partial charge in [-0.05, 0) is 18.2 Å². The molecule has 21 heavy (non-hydrogen) atoms. The minimum absolute atomic E-state index is 0.0101. The molecule has 110 valence electrons. The number of carbonyl (C=O) groups excluding carboxylic acids is 1. The van der Waals surface area contributed by atoms with Crippen LogP contribution in [0.3, 0.4) is 0 Å². The van der Waals surface area contributed by atoms with Crippen LogP contribution in [0.15, 0.2) is 34.9 Å². The van der Waals surface area contributed by atoms with Crippen LogP contribution in [0.2, 0.25) is 0 Å². The topological polar surface area (TPSA) is 102 Å². The van der Waals surface area contributed by atoms with Crippen molar-refractivity contribution >= 4 is 23.6 Å². The van der Waals surface area contributed by atoms with E-state index in [4.69, 9.17) is 9.52 Å². The average molecular weight is 290 g/mol. The number of carbonyl (C=O) groups is 2. The smallest absolute Gasteiger partial charge is 0.337 e. The van der Waals surface area contributed by atoms with Crippen LogP contribution >= 0.6 is 0 Å². The predicted octanol–water partition coefficient (Wildman–Crippen LogP) is 2.22. The number of benzene rings is 1.